The summed E-state index contributed by atoms with van der Waals surface area (Å²) in [6.45, 7) is 5.16. The SMILES string of the molecule is COc1cc(C(F)(F)F)cc2c1nnc1c(C)nc(-c3c(C)noc3C)n12. The first kappa shape index (κ1) is 17.3. The number of alkyl halides is 3. The number of aryl methyl sites for hydroxylation is 3. The van der Waals surface area contributed by atoms with E-state index in [9.17, 15) is 13.2 Å². The van der Waals surface area contributed by atoms with Crippen molar-refractivity contribution in [3.05, 3.63) is 34.8 Å². The monoisotopic (exact) mass is 377 g/mol. The number of rotatable bonds is 2. The van der Waals surface area contributed by atoms with Gasteiger partial charge in [-0.1, -0.05) is 5.16 Å². The van der Waals surface area contributed by atoms with E-state index in [0.717, 1.165) is 12.1 Å². The number of methoxy groups -OCH3 is 1. The summed E-state index contributed by atoms with van der Waals surface area (Å²) in [5.74, 6) is 0.869. The molecule has 0 bridgehead atoms. The van der Waals surface area contributed by atoms with Crippen LogP contribution in [0.1, 0.15) is 22.7 Å². The molecule has 4 aromatic rings. The van der Waals surface area contributed by atoms with Gasteiger partial charge in [0.1, 0.15) is 11.5 Å². The minimum atomic E-state index is -4.55. The fraction of sp³-hybridized carbons (Fsp3) is 0.294. The van der Waals surface area contributed by atoms with Crippen LogP contribution >= 0.6 is 0 Å². The van der Waals surface area contributed by atoms with E-state index in [0.29, 0.717) is 34.2 Å². The molecular formula is C17H14F3N5O2. The van der Waals surface area contributed by atoms with Gasteiger partial charge in [0.2, 0.25) is 0 Å². The predicted octanol–water partition coefficient (Wildman–Crippen LogP) is 3.89. The highest BCUT2D eigenvalue weighted by atomic mass is 19.4. The molecule has 0 saturated heterocycles. The van der Waals surface area contributed by atoms with Crippen molar-refractivity contribution in [2.75, 3.05) is 7.11 Å². The zero-order valence-electron chi connectivity index (χ0n) is 14.8. The number of imidazole rings is 1. The third kappa shape index (κ3) is 2.51. The fourth-order valence-electron chi connectivity index (χ4n) is 3.12. The van der Waals surface area contributed by atoms with Crippen LogP contribution in [0.2, 0.25) is 0 Å². The molecule has 0 spiro atoms. The van der Waals surface area contributed by atoms with E-state index in [1.807, 2.05) is 0 Å². The molecule has 0 N–H and O–H groups in total. The quantitative estimate of drug-likeness (QED) is 0.527. The van der Waals surface area contributed by atoms with Gasteiger partial charge in [-0.05, 0) is 32.9 Å². The van der Waals surface area contributed by atoms with Crippen LogP contribution in [0.3, 0.4) is 0 Å². The van der Waals surface area contributed by atoms with Crippen molar-refractivity contribution in [2.45, 2.75) is 26.9 Å². The number of benzene rings is 1. The minimum absolute atomic E-state index is 0.0229. The third-order valence-corrected chi connectivity index (χ3v) is 4.37. The molecule has 27 heavy (non-hydrogen) atoms. The average Bonchev–Trinajstić information content (AvgIpc) is 3.12. The maximum Gasteiger partial charge on any atom is 0.416 e. The second kappa shape index (κ2) is 5.66. The van der Waals surface area contributed by atoms with Gasteiger partial charge in [0, 0.05) is 0 Å². The molecule has 3 aromatic heterocycles. The molecule has 4 rings (SSSR count). The number of hydrogen-bond donors (Lipinski definition) is 0. The number of aromatic nitrogens is 5. The smallest absolute Gasteiger partial charge is 0.416 e. The van der Waals surface area contributed by atoms with E-state index in [4.69, 9.17) is 9.26 Å². The van der Waals surface area contributed by atoms with Gasteiger partial charge in [0.15, 0.2) is 17.0 Å². The molecule has 0 aliphatic rings. The first-order valence-electron chi connectivity index (χ1n) is 7.96. The minimum Gasteiger partial charge on any atom is -0.494 e. The highest BCUT2D eigenvalue weighted by Gasteiger charge is 2.33. The molecule has 3 heterocycles. The summed E-state index contributed by atoms with van der Waals surface area (Å²) in [5, 5.41) is 12.1. The van der Waals surface area contributed by atoms with Crippen LogP contribution in [0, 0.1) is 20.8 Å². The molecule has 0 saturated carbocycles. The fourth-order valence-corrected chi connectivity index (χ4v) is 3.12. The number of nitrogens with zero attached hydrogens (tertiary/aromatic N) is 5. The number of hydrogen-bond acceptors (Lipinski definition) is 6. The Bertz CT molecular complexity index is 1170. The highest BCUT2D eigenvalue weighted by molar-refractivity contribution is 5.86. The molecule has 7 nitrogen and oxygen atoms in total. The van der Waals surface area contributed by atoms with E-state index in [1.54, 1.807) is 20.8 Å². The van der Waals surface area contributed by atoms with E-state index in [2.05, 4.69) is 20.3 Å². The van der Waals surface area contributed by atoms with Crippen molar-refractivity contribution in [1.82, 2.24) is 24.7 Å². The topological polar surface area (TPSA) is 78.3 Å². The second-order valence-electron chi connectivity index (χ2n) is 6.12. The van der Waals surface area contributed by atoms with Crippen LogP contribution < -0.4 is 4.74 Å². The maximum atomic E-state index is 13.4. The van der Waals surface area contributed by atoms with Gasteiger partial charge >= 0.3 is 6.18 Å². The lowest BCUT2D eigenvalue weighted by atomic mass is 10.1. The molecule has 10 heteroatoms. The van der Waals surface area contributed by atoms with Crippen LogP contribution in [0.25, 0.3) is 28.1 Å². The predicted molar refractivity (Wildman–Crippen MR) is 89.6 cm³/mol. The molecule has 0 fully saturated rings. The van der Waals surface area contributed by atoms with Crippen LogP contribution in [-0.2, 0) is 6.18 Å². The van der Waals surface area contributed by atoms with Crippen LogP contribution in [-0.4, -0.2) is 31.8 Å². The lowest BCUT2D eigenvalue weighted by Crippen LogP contribution is -2.08. The third-order valence-electron chi connectivity index (χ3n) is 4.37. The van der Waals surface area contributed by atoms with Gasteiger partial charge in [-0.2, -0.15) is 13.2 Å². The Balaban J connectivity index is 2.20. The van der Waals surface area contributed by atoms with Gasteiger partial charge < -0.3 is 9.26 Å². The lowest BCUT2D eigenvalue weighted by Gasteiger charge is -2.12. The molecule has 1 aromatic carbocycles. The van der Waals surface area contributed by atoms with Crippen molar-refractivity contribution in [3.63, 3.8) is 0 Å². The van der Waals surface area contributed by atoms with Gasteiger partial charge in [0.05, 0.1) is 35.1 Å². The summed E-state index contributed by atoms with van der Waals surface area (Å²) in [7, 11) is 1.29. The van der Waals surface area contributed by atoms with E-state index in [1.165, 1.54) is 11.5 Å². The number of halogens is 3. The zero-order valence-corrected chi connectivity index (χ0v) is 14.8. The van der Waals surface area contributed by atoms with Crippen LogP contribution in [0.15, 0.2) is 16.7 Å². The molecule has 0 amide bonds. The van der Waals surface area contributed by atoms with Gasteiger partial charge in [0.25, 0.3) is 0 Å². The largest absolute Gasteiger partial charge is 0.494 e. The summed E-state index contributed by atoms with van der Waals surface area (Å²) >= 11 is 0. The summed E-state index contributed by atoms with van der Waals surface area (Å²) in [4.78, 5) is 4.49. The number of fused-ring (bicyclic) bond motifs is 3. The molecule has 0 aliphatic heterocycles. The van der Waals surface area contributed by atoms with E-state index >= 15 is 0 Å². The molecule has 0 atom stereocenters. The van der Waals surface area contributed by atoms with Crippen LogP contribution in [0.4, 0.5) is 13.2 Å². The molecule has 0 radical (unpaired) electrons. The Kier molecular flexibility index (Phi) is 3.62. The Morgan fingerprint density at radius 3 is 2.41 bits per heavy atom. The standard InChI is InChI=1S/C17H14F3N5O2/c1-7-13(9(3)27-24-7)16-21-8(2)15-23-22-14-11(25(15)16)5-10(17(18,19)20)6-12(14)26-4/h5-6H,1-4H3. The summed E-state index contributed by atoms with van der Waals surface area (Å²) in [6, 6.07) is 1.92. The van der Waals surface area contributed by atoms with Crippen molar-refractivity contribution in [2.24, 2.45) is 0 Å². The lowest BCUT2D eigenvalue weighted by molar-refractivity contribution is -0.137. The van der Waals surface area contributed by atoms with E-state index < -0.39 is 11.7 Å². The second-order valence-corrected chi connectivity index (χ2v) is 6.12. The zero-order chi connectivity index (χ0) is 19.5. The average molecular weight is 377 g/mol. The van der Waals surface area contributed by atoms with Gasteiger partial charge in [-0.25, -0.2) is 4.98 Å². The summed E-state index contributed by atoms with van der Waals surface area (Å²) in [5.41, 5.74) is 1.57. The van der Waals surface area contributed by atoms with Gasteiger partial charge in [-0.15, -0.1) is 10.2 Å². The Morgan fingerprint density at radius 2 is 1.81 bits per heavy atom. The first-order valence-corrected chi connectivity index (χ1v) is 7.96. The molecule has 0 aliphatic carbocycles. The Hall–Kier alpha value is -3.17. The normalized spacial score (nSPS) is 12.3. The van der Waals surface area contributed by atoms with Crippen LogP contribution in [0.5, 0.6) is 5.75 Å². The van der Waals surface area contributed by atoms with Crippen molar-refractivity contribution < 1.29 is 22.4 Å². The summed E-state index contributed by atoms with van der Waals surface area (Å²) < 4.78 is 52.1. The Labute approximate surface area is 150 Å². The molecular weight excluding hydrogens is 363 g/mol. The maximum absolute atomic E-state index is 13.4. The van der Waals surface area contributed by atoms with Crippen molar-refractivity contribution in [3.8, 4) is 17.1 Å². The summed E-state index contributed by atoms with van der Waals surface area (Å²) in [6.07, 6.45) is -4.55. The highest BCUT2D eigenvalue weighted by Crippen LogP contribution is 2.37. The van der Waals surface area contributed by atoms with Crippen molar-refractivity contribution in [1.29, 1.82) is 0 Å². The molecule has 140 valence electrons. The van der Waals surface area contributed by atoms with Gasteiger partial charge in [-0.3, -0.25) is 4.40 Å². The Morgan fingerprint density at radius 1 is 1.07 bits per heavy atom. The first-order chi connectivity index (χ1) is 12.7. The van der Waals surface area contributed by atoms with E-state index in [-0.39, 0.29) is 16.8 Å². The van der Waals surface area contributed by atoms with Crippen molar-refractivity contribution >= 4 is 16.7 Å². The molecule has 0 unspecified atom stereocenters. The number of ether oxygens (including phenoxy) is 1.